The SMILES string of the molecule is C=CCNC1(C(=O)OCC)CCc2ccc(OC)cc21. The van der Waals surface area contributed by atoms with Crippen LogP contribution < -0.4 is 10.1 Å². The molecule has 0 fully saturated rings. The van der Waals surface area contributed by atoms with Gasteiger partial charge in [-0.25, -0.2) is 4.79 Å². The number of rotatable bonds is 6. The summed E-state index contributed by atoms with van der Waals surface area (Å²) in [6.45, 7) is 6.45. The van der Waals surface area contributed by atoms with Crippen LogP contribution in [0.1, 0.15) is 24.5 Å². The summed E-state index contributed by atoms with van der Waals surface area (Å²) in [5.74, 6) is 0.522. The van der Waals surface area contributed by atoms with Crippen LogP contribution in [-0.4, -0.2) is 26.2 Å². The number of methoxy groups -OCH3 is 1. The molecule has 0 saturated carbocycles. The molecule has 20 heavy (non-hydrogen) atoms. The minimum absolute atomic E-state index is 0.228. The molecule has 1 aliphatic carbocycles. The van der Waals surface area contributed by atoms with E-state index in [1.165, 1.54) is 0 Å². The molecular formula is C16H21NO3. The molecule has 2 rings (SSSR count). The standard InChI is InChI=1S/C16H21NO3/c1-4-10-17-16(15(18)20-5-2)9-8-12-6-7-13(19-3)11-14(12)16/h4,6-7,11,17H,1,5,8-10H2,2-3H3. The maximum atomic E-state index is 12.5. The zero-order valence-corrected chi connectivity index (χ0v) is 12.1. The lowest BCUT2D eigenvalue weighted by Crippen LogP contribution is -2.48. The number of fused-ring (bicyclic) bond motifs is 1. The Hall–Kier alpha value is -1.81. The van der Waals surface area contributed by atoms with Crippen LogP contribution in [0.15, 0.2) is 30.9 Å². The van der Waals surface area contributed by atoms with Crippen molar-refractivity contribution in [2.75, 3.05) is 20.3 Å². The maximum Gasteiger partial charge on any atom is 0.331 e. The number of carbonyl (C=O) groups is 1. The summed E-state index contributed by atoms with van der Waals surface area (Å²) in [7, 11) is 1.62. The van der Waals surface area contributed by atoms with Gasteiger partial charge in [0.1, 0.15) is 11.3 Å². The maximum absolute atomic E-state index is 12.5. The molecule has 1 N–H and O–H groups in total. The number of esters is 1. The number of carbonyl (C=O) groups excluding carboxylic acids is 1. The molecule has 1 aromatic rings. The number of ether oxygens (including phenoxy) is 2. The van der Waals surface area contributed by atoms with Crippen molar-refractivity contribution in [2.45, 2.75) is 25.3 Å². The van der Waals surface area contributed by atoms with Crippen LogP contribution in [0.4, 0.5) is 0 Å². The second-order valence-electron chi connectivity index (χ2n) is 4.82. The van der Waals surface area contributed by atoms with Crippen molar-refractivity contribution in [1.29, 1.82) is 0 Å². The number of benzene rings is 1. The average Bonchev–Trinajstić information content (AvgIpc) is 2.84. The van der Waals surface area contributed by atoms with Crippen molar-refractivity contribution < 1.29 is 14.3 Å². The van der Waals surface area contributed by atoms with Gasteiger partial charge in [-0.3, -0.25) is 5.32 Å². The number of aryl methyl sites for hydroxylation is 1. The van der Waals surface area contributed by atoms with Crippen molar-refractivity contribution in [3.05, 3.63) is 42.0 Å². The van der Waals surface area contributed by atoms with E-state index in [4.69, 9.17) is 9.47 Å². The predicted octanol–water partition coefficient (Wildman–Crippen LogP) is 2.18. The van der Waals surface area contributed by atoms with Gasteiger partial charge in [-0.1, -0.05) is 12.1 Å². The highest BCUT2D eigenvalue weighted by atomic mass is 16.5. The Morgan fingerprint density at radius 2 is 2.35 bits per heavy atom. The van der Waals surface area contributed by atoms with Crippen molar-refractivity contribution >= 4 is 5.97 Å². The van der Waals surface area contributed by atoms with Gasteiger partial charge < -0.3 is 9.47 Å². The first-order chi connectivity index (χ1) is 9.67. The molecule has 0 aromatic heterocycles. The first-order valence-corrected chi connectivity index (χ1v) is 6.88. The Balaban J connectivity index is 2.44. The van der Waals surface area contributed by atoms with Crippen LogP contribution in [0, 0.1) is 0 Å². The van der Waals surface area contributed by atoms with Crippen molar-refractivity contribution in [3.8, 4) is 5.75 Å². The number of hydrogen-bond acceptors (Lipinski definition) is 4. The Morgan fingerprint density at radius 3 is 3.00 bits per heavy atom. The van der Waals surface area contributed by atoms with Crippen LogP contribution in [0.25, 0.3) is 0 Å². The lowest BCUT2D eigenvalue weighted by atomic mass is 9.91. The third-order valence-corrected chi connectivity index (χ3v) is 3.72. The summed E-state index contributed by atoms with van der Waals surface area (Å²) < 4.78 is 10.6. The molecule has 1 aliphatic rings. The Kier molecular flexibility index (Phi) is 4.45. The molecule has 0 bridgehead atoms. The zero-order valence-electron chi connectivity index (χ0n) is 12.1. The third-order valence-electron chi connectivity index (χ3n) is 3.72. The van der Waals surface area contributed by atoms with Gasteiger partial charge in [-0.05, 0) is 43.0 Å². The molecule has 1 atom stereocenters. The second kappa shape index (κ2) is 6.09. The molecule has 4 heteroatoms. The Bertz CT molecular complexity index is 512. The summed E-state index contributed by atoms with van der Waals surface area (Å²) in [5.41, 5.74) is 1.33. The van der Waals surface area contributed by atoms with E-state index in [0.29, 0.717) is 19.6 Å². The van der Waals surface area contributed by atoms with Gasteiger partial charge in [0.15, 0.2) is 0 Å². The molecule has 0 aliphatic heterocycles. The quantitative estimate of drug-likeness (QED) is 0.638. The highest BCUT2D eigenvalue weighted by Gasteiger charge is 2.46. The molecule has 0 amide bonds. The molecule has 4 nitrogen and oxygen atoms in total. The summed E-state index contributed by atoms with van der Waals surface area (Å²) in [4.78, 5) is 12.5. The van der Waals surface area contributed by atoms with E-state index >= 15 is 0 Å². The highest BCUT2D eigenvalue weighted by molar-refractivity contribution is 5.84. The largest absolute Gasteiger partial charge is 0.497 e. The monoisotopic (exact) mass is 275 g/mol. The van der Waals surface area contributed by atoms with Gasteiger partial charge in [-0.15, -0.1) is 6.58 Å². The van der Waals surface area contributed by atoms with Crippen LogP contribution >= 0.6 is 0 Å². The smallest absolute Gasteiger partial charge is 0.331 e. The summed E-state index contributed by atoms with van der Waals surface area (Å²) >= 11 is 0. The molecule has 0 spiro atoms. The minimum Gasteiger partial charge on any atom is -0.497 e. The van der Waals surface area contributed by atoms with Crippen molar-refractivity contribution in [3.63, 3.8) is 0 Å². The Labute approximate surface area is 119 Å². The molecule has 0 saturated heterocycles. The molecule has 1 unspecified atom stereocenters. The first-order valence-electron chi connectivity index (χ1n) is 6.88. The van der Waals surface area contributed by atoms with E-state index in [9.17, 15) is 4.79 Å². The van der Waals surface area contributed by atoms with Gasteiger partial charge in [0.25, 0.3) is 0 Å². The molecular weight excluding hydrogens is 254 g/mol. The Morgan fingerprint density at radius 1 is 1.55 bits per heavy atom. The van der Waals surface area contributed by atoms with Crippen LogP contribution in [0.3, 0.4) is 0 Å². The zero-order chi connectivity index (χ0) is 14.6. The summed E-state index contributed by atoms with van der Waals surface area (Å²) in [6, 6.07) is 5.87. The topological polar surface area (TPSA) is 47.6 Å². The van der Waals surface area contributed by atoms with E-state index in [-0.39, 0.29) is 5.97 Å². The predicted molar refractivity (Wildman–Crippen MR) is 77.8 cm³/mol. The summed E-state index contributed by atoms with van der Waals surface area (Å²) in [6.07, 6.45) is 3.30. The second-order valence-corrected chi connectivity index (χ2v) is 4.82. The van der Waals surface area contributed by atoms with E-state index in [1.807, 2.05) is 25.1 Å². The number of nitrogens with one attached hydrogen (secondary N) is 1. The first kappa shape index (κ1) is 14.6. The molecule has 1 aromatic carbocycles. The lowest BCUT2D eigenvalue weighted by molar-refractivity contribution is -0.151. The van der Waals surface area contributed by atoms with Gasteiger partial charge in [0.2, 0.25) is 0 Å². The number of hydrogen-bond donors (Lipinski definition) is 1. The van der Waals surface area contributed by atoms with Crippen LogP contribution in [0.2, 0.25) is 0 Å². The van der Waals surface area contributed by atoms with Gasteiger partial charge in [0.05, 0.1) is 13.7 Å². The van der Waals surface area contributed by atoms with Gasteiger partial charge >= 0.3 is 5.97 Å². The molecule has 0 radical (unpaired) electrons. The lowest BCUT2D eigenvalue weighted by Gasteiger charge is -2.29. The molecule has 108 valence electrons. The van der Waals surface area contributed by atoms with E-state index in [0.717, 1.165) is 23.3 Å². The minimum atomic E-state index is -0.784. The van der Waals surface area contributed by atoms with E-state index < -0.39 is 5.54 Å². The molecule has 0 heterocycles. The third kappa shape index (κ3) is 2.43. The van der Waals surface area contributed by atoms with Crippen molar-refractivity contribution in [1.82, 2.24) is 5.32 Å². The van der Waals surface area contributed by atoms with Crippen LogP contribution in [-0.2, 0) is 21.5 Å². The normalized spacial score (nSPS) is 20.3. The fourth-order valence-electron chi connectivity index (χ4n) is 2.72. The summed E-state index contributed by atoms with van der Waals surface area (Å²) in [5, 5.41) is 3.29. The van der Waals surface area contributed by atoms with Crippen LogP contribution in [0.5, 0.6) is 5.75 Å². The fourth-order valence-corrected chi connectivity index (χ4v) is 2.72. The van der Waals surface area contributed by atoms with E-state index in [1.54, 1.807) is 13.2 Å². The highest BCUT2D eigenvalue weighted by Crippen LogP contribution is 2.39. The fraction of sp³-hybridized carbons (Fsp3) is 0.438. The average molecular weight is 275 g/mol. The van der Waals surface area contributed by atoms with Crippen molar-refractivity contribution in [2.24, 2.45) is 0 Å². The van der Waals surface area contributed by atoms with Gasteiger partial charge in [0, 0.05) is 6.54 Å². The van der Waals surface area contributed by atoms with E-state index in [2.05, 4.69) is 11.9 Å². The van der Waals surface area contributed by atoms with Gasteiger partial charge in [-0.2, -0.15) is 0 Å².